The summed E-state index contributed by atoms with van der Waals surface area (Å²) in [6, 6.07) is 14.2. The summed E-state index contributed by atoms with van der Waals surface area (Å²) < 4.78 is 28.7. The van der Waals surface area contributed by atoms with Gasteiger partial charge < -0.3 is 5.32 Å². The summed E-state index contributed by atoms with van der Waals surface area (Å²) in [4.78, 5) is 12.3. The topological polar surface area (TPSA) is 64.7 Å². The Morgan fingerprint density at radius 2 is 1.97 bits per heavy atom. The average Bonchev–Trinajstić information content (AvgIpc) is 3.27. The molecule has 2 aromatic heterocycles. The van der Waals surface area contributed by atoms with E-state index in [2.05, 4.69) is 33.7 Å². The molecule has 0 radical (unpaired) electrons. The van der Waals surface area contributed by atoms with Crippen LogP contribution in [-0.4, -0.2) is 25.5 Å². The summed E-state index contributed by atoms with van der Waals surface area (Å²) >= 11 is 5.87. The van der Waals surface area contributed by atoms with Crippen molar-refractivity contribution in [3.8, 4) is 0 Å². The summed E-state index contributed by atoms with van der Waals surface area (Å²) in [6.07, 6.45) is 0.455. The van der Waals surface area contributed by atoms with Crippen molar-refractivity contribution >= 4 is 34.0 Å². The Bertz CT molecular complexity index is 1210. The number of anilines is 1. The number of amides is 1. The molecule has 6 nitrogen and oxygen atoms in total. The van der Waals surface area contributed by atoms with Crippen LogP contribution < -0.4 is 5.32 Å². The van der Waals surface area contributed by atoms with Gasteiger partial charge in [0.25, 0.3) is 6.43 Å². The van der Waals surface area contributed by atoms with E-state index in [-0.39, 0.29) is 11.6 Å². The largest absolute Gasteiger partial charge is 0.322 e. The highest BCUT2D eigenvalue weighted by molar-refractivity contribution is 6.31. The van der Waals surface area contributed by atoms with Crippen molar-refractivity contribution in [2.45, 2.75) is 26.4 Å². The van der Waals surface area contributed by atoms with E-state index in [1.165, 1.54) is 17.8 Å². The maximum atomic E-state index is 12.9. The summed E-state index contributed by atoms with van der Waals surface area (Å²) in [5, 5.41) is 12.9. The molecule has 1 N–H and O–H groups in total. The number of benzene rings is 2. The van der Waals surface area contributed by atoms with E-state index in [1.807, 2.05) is 24.3 Å². The average molecular weight is 430 g/mol. The zero-order valence-corrected chi connectivity index (χ0v) is 16.8. The Morgan fingerprint density at radius 1 is 1.20 bits per heavy atom. The quantitative estimate of drug-likeness (QED) is 0.478. The van der Waals surface area contributed by atoms with Crippen LogP contribution in [0.4, 0.5) is 14.5 Å². The Balaban J connectivity index is 1.45. The maximum absolute atomic E-state index is 12.9. The minimum absolute atomic E-state index is 0.124. The lowest BCUT2D eigenvalue weighted by molar-refractivity contribution is -0.117. The molecule has 0 aliphatic heterocycles. The first-order valence-corrected chi connectivity index (χ1v) is 9.60. The normalized spacial score (nSPS) is 11.4. The highest BCUT2D eigenvalue weighted by Crippen LogP contribution is 2.28. The number of hydrogen-bond donors (Lipinski definition) is 1. The Labute approximate surface area is 176 Å². The van der Waals surface area contributed by atoms with Gasteiger partial charge in [0.2, 0.25) is 5.91 Å². The van der Waals surface area contributed by atoms with E-state index in [1.54, 1.807) is 10.9 Å². The minimum Gasteiger partial charge on any atom is -0.322 e. The first-order chi connectivity index (χ1) is 14.4. The van der Waals surface area contributed by atoms with Crippen LogP contribution in [0.2, 0.25) is 5.02 Å². The standard InChI is InChI=1S/C21H18ClF2N5O/c1-13-19(22)20(21(23)24)27-29(13)12-18(30)26-16-9-25-28(11-16)10-15-7-4-6-14-5-2-3-8-17(14)15/h2-9,11,21H,10,12H2,1H3,(H,26,30). The lowest BCUT2D eigenvalue weighted by atomic mass is 10.0. The van der Waals surface area contributed by atoms with Crippen molar-refractivity contribution in [2.75, 3.05) is 5.32 Å². The predicted octanol–water partition coefficient (Wildman–Crippen LogP) is 4.82. The zero-order chi connectivity index (χ0) is 21.3. The number of halogens is 3. The molecule has 0 aliphatic rings. The molecule has 0 saturated carbocycles. The van der Waals surface area contributed by atoms with Gasteiger partial charge in [0, 0.05) is 6.20 Å². The molecule has 4 aromatic rings. The molecule has 4 rings (SSSR count). The van der Waals surface area contributed by atoms with Crippen LogP contribution in [0.15, 0.2) is 54.9 Å². The Hall–Kier alpha value is -3.26. The first-order valence-electron chi connectivity index (χ1n) is 9.22. The second-order valence-electron chi connectivity index (χ2n) is 6.86. The van der Waals surface area contributed by atoms with Gasteiger partial charge in [-0.1, -0.05) is 54.1 Å². The van der Waals surface area contributed by atoms with Gasteiger partial charge >= 0.3 is 0 Å². The number of nitrogens with one attached hydrogen (secondary N) is 1. The summed E-state index contributed by atoms with van der Waals surface area (Å²) in [6.45, 7) is 1.85. The van der Waals surface area contributed by atoms with Crippen molar-refractivity contribution in [1.82, 2.24) is 19.6 Å². The van der Waals surface area contributed by atoms with E-state index < -0.39 is 18.0 Å². The monoisotopic (exact) mass is 429 g/mol. The molecular weight excluding hydrogens is 412 g/mol. The van der Waals surface area contributed by atoms with Crippen molar-refractivity contribution in [2.24, 2.45) is 0 Å². The maximum Gasteiger partial charge on any atom is 0.283 e. The molecule has 0 fully saturated rings. The fourth-order valence-corrected chi connectivity index (χ4v) is 3.51. The lowest BCUT2D eigenvalue weighted by Crippen LogP contribution is -2.20. The molecule has 30 heavy (non-hydrogen) atoms. The van der Waals surface area contributed by atoms with Gasteiger partial charge in [0.15, 0.2) is 0 Å². The molecule has 0 aliphatic carbocycles. The fourth-order valence-electron chi connectivity index (χ4n) is 3.30. The third-order valence-corrected chi connectivity index (χ3v) is 5.25. The molecule has 0 unspecified atom stereocenters. The molecule has 0 atom stereocenters. The van der Waals surface area contributed by atoms with Gasteiger partial charge in [-0.3, -0.25) is 14.2 Å². The Morgan fingerprint density at radius 3 is 2.73 bits per heavy atom. The Kier molecular flexibility index (Phi) is 5.50. The second kappa shape index (κ2) is 8.23. The van der Waals surface area contributed by atoms with Gasteiger partial charge in [-0.15, -0.1) is 0 Å². The fraction of sp³-hybridized carbons (Fsp3) is 0.190. The number of aromatic nitrogens is 4. The summed E-state index contributed by atoms with van der Waals surface area (Å²) in [5.41, 5.74) is 1.40. The molecule has 154 valence electrons. The number of carbonyl (C=O) groups is 1. The highest BCUT2D eigenvalue weighted by Gasteiger charge is 2.21. The molecular formula is C21H18ClF2N5O. The van der Waals surface area contributed by atoms with Gasteiger partial charge in [0.1, 0.15) is 12.2 Å². The zero-order valence-electron chi connectivity index (χ0n) is 16.0. The minimum atomic E-state index is -2.80. The molecule has 0 spiro atoms. The second-order valence-corrected chi connectivity index (χ2v) is 7.23. The summed E-state index contributed by atoms with van der Waals surface area (Å²) in [5.74, 6) is -0.414. The molecule has 9 heteroatoms. The van der Waals surface area contributed by atoms with E-state index >= 15 is 0 Å². The number of rotatable bonds is 6. The third-order valence-electron chi connectivity index (χ3n) is 4.79. The molecule has 1 amide bonds. The number of carbonyl (C=O) groups excluding carboxylic acids is 1. The van der Waals surface area contributed by atoms with Crippen molar-refractivity contribution < 1.29 is 13.6 Å². The van der Waals surface area contributed by atoms with Crippen LogP contribution in [0.1, 0.15) is 23.4 Å². The van der Waals surface area contributed by atoms with E-state index in [9.17, 15) is 13.6 Å². The lowest BCUT2D eigenvalue weighted by Gasteiger charge is -2.07. The van der Waals surface area contributed by atoms with Crippen molar-refractivity contribution in [3.05, 3.63) is 76.8 Å². The SMILES string of the molecule is Cc1c(Cl)c(C(F)F)nn1CC(=O)Nc1cnn(Cc2cccc3ccccc23)c1. The number of hydrogen-bond acceptors (Lipinski definition) is 3. The highest BCUT2D eigenvalue weighted by atomic mass is 35.5. The third kappa shape index (κ3) is 4.04. The molecule has 0 saturated heterocycles. The van der Waals surface area contributed by atoms with Crippen molar-refractivity contribution in [3.63, 3.8) is 0 Å². The molecule has 2 aromatic carbocycles. The van der Waals surface area contributed by atoms with Crippen LogP contribution in [0.5, 0.6) is 0 Å². The van der Waals surface area contributed by atoms with Crippen LogP contribution in [0.3, 0.4) is 0 Å². The van der Waals surface area contributed by atoms with Crippen LogP contribution >= 0.6 is 11.6 Å². The first kappa shape index (κ1) is 20.0. The molecule has 2 heterocycles. The predicted molar refractivity (Wildman–Crippen MR) is 111 cm³/mol. The van der Waals surface area contributed by atoms with Gasteiger partial charge in [-0.25, -0.2) is 8.78 Å². The van der Waals surface area contributed by atoms with E-state index in [0.717, 1.165) is 16.3 Å². The molecule has 0 bridgehead atoms. The summed E-state index contributed by atoms with van der Waals surface area (Å²) in [7, 11) is 0. The van der Waals surface area contributed by atoms with Crippen LogP contribution in [0.25, 0.3) is 10.8 Å². The number of nitrogens with zero attached hydrogens (tertiary/aromatic N) is 4. The number of fused-ring (bicyclic) bond motifs is 1. The van der Waals surface area contributed by atoms with Gasteiger partial charge in [0.05, 0.1) is 29.1 Å². The number of alkyl halides is 2. The van der Waals surface area contributed by atoms with Gasteiger partial charge in [-0.05, 0) is 23.3 Å². The van der Waals surface area contributed by atoms with E-state index in [0.29, 0.717) is 17.9 Å². The van der Waals surface area contributed by atoms with Crippen LogP contribution in [0, 0.1) is 6.92 Å². The van der Waals surface area contributed by atoms with Crippen LogP contribution in [-0.2, 0) is 17.9 Å². The smallest absolute Gasteiger partial charge is 0.283 e. The van der Waals surface area contributed by atoms with Crippen molar-refractivity contribution in [1.29, 1.82) is 0 Å². The van der Waals surface area contributed by atoms with E-state index in [4.69, 9.17) is 11.6 Å². The van der Waals surface area contributed by atoms with Gasteiger partial charge in [-0.2, -0.15) is 10.2 Å².